The first-order valence-corrected chi connectivity index (χ1v) is 2.42. The van der Waals surface area contributed by atoms with E-state index >= 15 is 0 Å². The maximum Gasteiger partial charge on any atom is 0.0930 e. The minimum atomic E-state index is 0.979. The average Bonchev–Trinajstić information content (AvgIpc) is 1.67. The summed E-state index contributed by atoms with van der Waals surface area (Å²) in [6.07, 6.45) is 1.51. The Hall–Kier alpha value is -0.970. The maximum absolute atomic E-state index is 8.13. The van der Waals surface area contributed by atoms with Crippen LogP contribution in [0.25, 0.3) is 0 Å². The molecule has 0 aliphatic carbocycles. The summed E-state index contributed by atoms with van der Waals surface area (Å²) >= 11 is 0. The molecule has 0 radical (unpaired) electrons. The predicted octanol–water partition coefficient (Wildman–Crippen LogP) is 0.975. The largest absolute Gasteiger partial charge is 0.381 e. The molecule has 0 aliphatic heterocycles. The molecule has 0 saturated carbocycles. The third kappa shape index (κ3) is 2.25. The van der Waals surface area contributed by atoms with Crippen molar-refractivity contribution < 1.29 is 0 Å². The third-order valence-electron chi connectivity index (χ3n) is 0.979. The normalized spacial score (nSPS) is 10.5. The average molecular weight is 110 g/mol. The van der Waals surface area contributed by atoms with Crippen molar-refractivity contribution in [2.24, 2.45) is 0 Å². The number of nitrogens with zero attached hydrogens (tertiary/aromatic N) is 2. The zero-order chi connectivity index (χ0) is 6.57. The van der Waals surface area contributed by atoms with E-state index in [-0.39, 0.29) is 0 Å². The summed E-state index contributed by atoms with van der Waals surface area (Å²) in [5, 5.41) is 8.13. The van der Waals surface area contributed by atoms with Crippen molar-refractivity contribution in [3.63, 3.8) is 0 Å². The van der Waals surface area contributed by atoms with Crippen molar-refractivity contribution in [3.8, 4) is 6.07 Å². The molecule has 0 aromatic heterocycles. The maximum atomic E-state index is 8.13. The van der Waals surface area contributed by atoms with Crippen LogP contribution in [-0.2, 0) is 0 Å². The highest BCUT2D eigenvalue weighted by molar-refractivity contribution is 5.08. The topological polar surface area (TPSA) is 27.0 Å². The molecule has 0 fully saturated rings. The lowest BCUT2D eigenvalue weighted by atomic mass is 10.4. The lowest BCUT2D eigenvalue weighted by Crippen LogP contribution is -2.07. The molecule has 0 spiro atoms. The Morgan fingerprint density at radius 1 is 1.62 bits per heavy atom. The van der Waals surface area contributed by atoms with E-state index in [0.29, 0.717) is 0 Å². The van der Waals surface area contributed by atoms with E-state index < -0.39 is 0 Å². The molecule has 8 heavy (non-hydrogen) atoms. The summed E-state index contributed by atoms with van der Waals surface area (Å²) in [7, 11) is 3.81. The minimum absolute atomic E-state index is 0.979. The van der Waals surface area contributed by atoms with E-state index in [9.17, 15) is 0 Å². The fourth-order valence-electron chi connectivity index (χ4n) is 0.223. The zero-order valence-corrected chi connectivity index (χ0v) is 5.47. The Morgan fingerprint density at radius 2 is 2.12 bits per heavy atom. The molecule has 0 bridgehead atoms. The Bertz CT molecular complexity index is 128. The second-order valence-corrected chi connectivity index (χ2v) is 1.81. The summed E-state index contributed by atoms with van der Waals surface area (Å²) in [5.41, 5.74) is 0.979. The number of hydrogen-bond acceptors (Lipinski definition) is 2. The van der Waals surface area contributed by atoms with Crippen molar-refractivity contribution in [2.45, 2.75) is 6.92 Å². The highest BCUT2D eigenvalue weighted by atomic mass is 15.1. The van der Waals surface area contributed by atoms with Gasteiger partial charge in [0.1, 0.15) is 0 Å². The van der Waals surface area contributed by atoms with E-state index in [1.165, 1.54) is 6.08 Å². The first-order valence-electron chi connectivity index (χ1n) is 2.42. The van der Waals surface area contributed by atoms with Gasteiger partial charge in [-0.15, -0.1) is 0 Å². The standard InChI is InChI=1S/C6H10N2/c1-6(4-5-7)8(2)3/h4H,1-3H3/b6-4+. The lowest BCUT2D eigenvalue weighted by molar-refractivity contribution is 0.514. The fraction of sp³-hybridized carbons (Fsp3) is 0.500. The van der Waals surface area contributed by atoms with Gasteiger partial charge in [-0.05, 0) is 6.92 Å². The van der Waals surface area contributed by atoms with Crippen LogP contribution in [0.1, 0.15) is 6.92 Å². The molecule has 0 unspecified atom stereocenters. The van der Waals surface area contributed by atoms with Gasteiger partial charge in [-0.3, -0.25) is 0 Å². The lowest BCUT2D eigenvalue weighted by Gasteiger charge is -2.09. The summed E-state index contributed by atoms with van der Waals surface area (Å²) in [6, 6.07) is 1.95. The van der Waals surface area contributed by atoms with E-state index in [1.54, 1.807) is 0 Å². The van der Waals surface area contributed by atoms with Crippen molar-refractivity contribution in [3.05, 3.63) is 11.8 Å². The number of rotatable bonds is 1. The summed E-state index contributed by atoms with van der Waals surface area (Å²) in [5.74, 6) is 0. The molecular weight excluding hydrogens is 100 g/mol. The molecule has 44 valence electrons. The Morgan fingerprint density at radius 3 is 2.25 bits per heavy atom. The highest BCUT2D eigenvalue weighted by Gasteiger charge is 1.85. The van der Waals surface area contributed by atoms with Crippen molar-refractivity contribution in [2.75, 3.05) is 14.1 Å². The fourth-order valence-corrected chi connectivity index (χ4v) is 0.223. The molecule has 0 aromatic rings. The summed E-state index contributed by atoms with van der Waals surface area (Å²) in [4.78, 5) is 1.89. The smallest absolute Gasteiger partial charge is 0.0930 e. The van der Waals surface area contributed by atoms with Crippen LogP contribution in [0.15, 0.2) is 11.8 Å². The number of allylic oxidation sites excluding steroid dienone is 2. The quantitative estimate of drug-likeness (QED) is 0.470. The third-order valence-corrected chi connectivity index (χ3v) is 0.979. The van der Waals surface area contributed by atoms with Gasteiger partial charge in [0.2, 0.25) is 0 Å². The first kappa shape index (κ1) is 7.03. The van der Waals surface area contributed by atoms with E-state index in [4.69, 9.17) is 5.26 Å². The molecule has 0 amide bonds. The van der Waals surface area contributed by atoms with Gasteiger partial charge in [0.05, 0.1) is 6.07 Å². The Balaban J connectivity index is 3.85. The molecule has 0 saturated heterocycles. The Kier molecular flexibility index (Phi) is 2.71. The molecule has 0 rings (SSSR count). The molecule has 0 aliphatic rings. The highest BCUT2D eigenvalue weighted by Crippen LogP contribution is 1.92. The second kappa shape index (κ2) is 3.09. The van der Waals surface area contributed by atoms with Crippen LogP contribution < -0.4 is 0 Å². The van der Waals surface area contributed by atoms with Gasteiger partial charge in [0, 0.05) is 25.9 Å². The van der Waals surface area contributed by atoms with Gasteiger partial charge in [-0.1, -0.05) is 0 Å². The summed E-state index contributed by atoms with van der Waals surface area (Å²) < 4.78 is 0. The van der Waals surface area contributed by atoms with Crippen molar-refractivity contribution >= 4 is 0 Å². The van der Waals surface area contributed by atoms with Crippen molar-refractivity contribution in [1.82, 2.24) is 4.90 Å². The van der Waals surface area contributed by atoms with Crippen LogP contribution in [0.4, 0.5) is 0 Å². The molecule has 2 heteroatoms. The van der Waals surface area contributed by atoms with Crippen LogP contribution >= 0.6 is 0 Å². The number of nitriles is 1. The predicted molar refractivity (Wildman–Crippen MR) is 33.1 cm³/mol. The van der Waals surface area contributed by atoms with Gasteiger partial charge in [0.15, 0.2) is 0 Å². The number of hydrogen-bond donors (Lipinski definition) is 0. The second-order valence-electron chi connectivity index (χ2n) is 1.81. The van der Waals surface area contributed by atoms with Gasteiger partial charge >= 0.3 is 0 Å². The van der Waals surface area contributed by atoms with Gasteiger partial charge in [-0.2, -0.15) is 5.26 Å². The van der Waals surface area contributed by atoms with Crippen LogP contribution in [0.3, 0.4) is 0 Å². The van der Waals surface area contributed by atoms with Gasteiger partial charge < -0.3 is 4.90 Å². The van der Waals surface area contributed by atoms with E-state index in [1.807, 2.05) is 32.0 Å². The minimum Gasteiger partial charge on any atom is -0.381 e. The summed E-state index contributed by atoms with van der Waals surface area (Å²) in [6.45, 7) is 1.89. The zero-order valence-electron chi connectivity index (χ0n) is 5.47. The molecular formula is C6H10N2. The molecule has 0 heterocycles. The van der Waals surface area contributed by atoms with Crippen LogP contribution in [0, 0.1) is 11.3 Å². The van der Waals surface area contributed by atoms with Gasteiger partial charge in [-0.25, -0.2) is 0 Å². The van der Waals surface area contributed by atoms with E-state index in [2.05, 4.69) is 0 Å². The SMILES string of the molecule is C/C(=C\C#N)N(C)C. The molecule has 0 N–H and O–H groups in total. The van der Waals surface area contributed by atoms with Crippen LogP contribution in [-0.4, -0.2) is 19.0 Å². The Labute approximate surface area is 50.0 Å². The van der Waals surface area contributed by atoms with Crippen LogP contribution in [0.2, 0.25) is 0 Å². The molecule has 2 nitrogen and oxygen atoms in total. The molecule has 0 atom stereocenters. The first-order chi connectivity index (χ1) is 3.68. The molecule has 0 aromatic carbocycles. The van der Waals surface area contributed by atoms with E-state index in [0.717, 1.165) is 5.70 Å². The van der Waals surface area contributed by atoms with Crippen LogP contribution in [0.5, 0.6) is 0 Å². The monoisotopic (exact) mass is 110 g/mol. The van der Waals surface area contributed by atoms with Crippen molar-refractivity contribution in [1.29, 1.82) is 5.26 Å². The van der Waals surface area contributed by atoms with Gasteiger partial charge in [0.25, 0.3) is 0 Å².